The van der Waals surface area contributed by atoms with E-state index >= 15 is 0 Å². The first kappa shape index (κ1) is 14.4. The summed E-state index contributed by atoms with van der Waals surface area (Å²) < 4.78 is 0. The van der Waals surface area contributed by atoms with Crippen molar-refractivity contribution in [1.29, 1.82) is 0 Å². The molecule has 3 N–H and O–H groups in total. The zero-order chi connectivity index (χ0) is 10.7. The summed E-state index contributed by atoms with van der Waals surface area (Å²) in [6.45, 7) is 3.21. The summed E-state index contributed by atoms with van der Waals surface area (Å²) in [7, 11) is 0. The molecule has 0 aromatic carbocycles. The molecule has 0 aromatic rings. The molecule has 0 heterocycles. The Morgan fingerprint density at radius 1 is 1.46 bits per heavy atom. The summed E-state index contributed by atoms with van der Waals surface area (Å²) in [6.07, 6.45) is 5.42. The SMILES string of the molecule is C/C=C/C=C/C(=O)O.CC(O)CO. The highest BCUT2D eigenvalue weighted by Gasteiger charge is 1.83. The Morgan fingerprint density at radius 2 is 1.92 bits per heavy atom. The fourth-order valence-corrected chi connectivity index (χ4v) is 0.249. The first-order valence-electron chi connectivity index (χ1n) is 3.85. The van der Waals surface area contributed by atoms with Crippen LogP contribution >= 0.6 is 0 Å². The van der Waals surface area contributed by atoms with Crippen molar-refractivity contribution in [1.82, 2.24) is 0 Å². The van der Waals surface area contributed by atoms with Crippen molar-refractivity contribution in [3.8, 4) is 0 Å². The van der Waals surface area contributed by atoms with Crippen molar-refractivity contribution in [2.24, 2.45) is 0 Å². The molecule has 4 heteroatoms. The molecule has 0 aliphatic heterocycles. The highest BCUT2D eigenvalue weighted by atomic mass is 16.4. The third-order valence-electron chi connectivity index (χ3n) is 0.807. The lowest BCUT2D eigenvalue weighted by Crippen LogP contribution is -2.03. The second-order valence-corrected chi connectivity index (χ2v) is 2.25. The summed E-state index contributed by atoms with van der Waals surface area (Å²) in [5, 5.41) is 24.0. The van der Waals surface area contributed by atoms with Gasteiger partial charge in [0, 0.05) is 6.08 Å². The Morgan fingerprint density at radius 3 is 2.15 bits per heavy atom. The van der Waals surface area contributed by atoms with Crippen LogP contribution in [0.1, 0.15) is 13.8 Å². The fraction of sp³-hybridized carbons (Fsp3) is 0.444. The number of rotatable bonds is 3. The second-order valence-electron chi connectivity index (χ2n) is 2.25. The third-order valence-corrected chi connectivity index (χ3v) is 0.807. The Hall–Kier alpha value is -1.13. The largest absolute Gasteiger partial charge is 0.478 e. The van der Waals surface area contributed by atoms with E-state index in [1.54, 1.807) is 12.2 Å². The van der Waals surface area contributed by atoms with E-state index in [1.807, 2.05) is 6.92 Å². The number of aliphatic hydroxyl groups excluding tert-OH is 2. The number of carbonyl (C=O) groups is 1. The molecule has 0 rings (SSSR count). The van der Waals surface area contributed by atoms with E-state index in [-0.39, 0.29) is 6.61 Å². The number of hydrogen-bond donors (Lipinski definition) is 3. The Balaban J connectivity index is 0. The van der Waals surface area contributed by atoms with Crippen LogP contribution in [0.15, 0.2) is 24.3 Å². The van der Waals surface area contributed by atoms with E-state index in [0.717, 1.165) is 6.08 Å². The molecule has 0 saturated heterocycles. The highest BCUT2D eigenvalue weighted by Crippen LogP contribution is 1.74. The molecule has 13 heavy (non-hydrogen) atoms. The summed E-state index contributed by atoms with van der Waals surface area (Å²) in [5.74, 6) is -0.914. The van der Waals surface area contributed by atoms with Crippen molar-refractivity contribution < 1.29 is 20.1 Å². The van der Waals surface area contributed by atoms with Crippen LogP contribution in [-0.4, -0.2) is 34.0 Å². The lowest BCUT2D eigenvalue weighted by Gasteiger charge is -1.90. The van der Waals surface area contributed by atoms with Crippen LogP contribution in [0.3, 0.4) is 0 Å². The molecule has 0 aliphatic rings. The molecule has 1 atom stereocenters. The molecule has 0 spiro atoms. The number of aliphatic carboxylic acids is 1. The van der Waals surface area contributed by atoms with Crippen molar-refractivity contribution in [3.63, 3.8) is 0 Å². The average Bonchev–Trinajstić information content (AvgIpc) is 2.05. The van der Waals surface area contributed by atoms with Gasteiger partial charge in [0.05, 0.1) is 12.7 Å². The maximum atomic E-state index is 9.75. The maximum absolute atomic E-state index is 9.75. The molecule has 0 aromatic heterocycles. The summed E-state index contributed by atoms with van der Waals surface area (Å²) in [6, 6.07) is 0. The molecule has 0 aliphatic carbocycles. The Kier molecular flexibility index (Phi) is 12.0. The number of allylic oxidation sites excluding steroid dienone is 3. The van der Waals surface area contributed by atoms with Crippen molar-refractivity contribution >= 4 is 5.97 Å². The van der Waals surface area contributed by atoms with Gasteiger partial charge in [0.2, 0.25) is 0 Å². The Labute approximate surface area is 77.8 Å². The van der Waals surface area contributed by atoms with Crippen LogP contribution in [0.5, 0.6) is 0 Å². The highest BCUT2D eigenvalue weighted by molar-refractivity contribution is 5.80. The van der Waals surface area contributed by atoms with Crippen LogP contribution in [0.2, 0.25) is 0 Å². The van der Waals surface area contributed by atoms with E-state index in [4.69, 9.17) is 15.3 Å². The van der Waals surface area contributed by atoms with E-state index in [1.165, 1.54) is 13.0 Å². The van der Waals surface area contributed by atoms with Gasteiger partial charge < -0.3 is 15.3 Å². The zero-order valence-corrected chi connectivity index (χ0v) is 7.84. The number of carboxylic acids is 1. The minimum absolute atomic E-state index is 0.139. The van der Waals surface area contributed by atoms with Crippen molar-refractivity contribution in [2.75, 3.05) is 6.61 Å². The second kappa shape index (κ2) is 10.9. The minimum Gasteiger partial charge on any atom is -0.478 e. The van der Waals surface area contributed by atoms with Crippen LogP contribution in [-0.2, 0) is 4.79 Å². The molecule has 0 radical (unpaired) electrons. The predicted molar refractivity (Wildman–Crippen MR) is 50.4 cm³/mol. The molecule has 0 saturated carbocycles. The van der Waals surface area contributed by atoms with Crippen LogP contribution in [0.4, 0.5) is 0 Å². The molecule has 76 valence electrons. The monoisotopic (exact) mass is 188 g/mol. The summed E-state index contributed by atoms with van der Waals surface area (Å²) in [5.41, 5.74) is 0. The molecule has 0 fully saturated rings. The van der Waals surface area contributed by atoms with Crippen molar-refractivity contribution in [3.05, 3.63) is 24.3 Å². The zero-order valence-electron chi connectivity index (χ0n) is 7.84. The summed E-state index contributed by atoms with van der Waals surface area (Å²) >= 11 is 0. The van der Waals surface area contributed by atoms with Gasteiger partial charge in [-0.2, -0.15) is 0 Å². The van der Waals surface area contributed by atoms with Crippen LogP contribution in [0.25, 0.3) is 0 Å². The van der Waals surface area contributed by atoms with E-state index < -0.39 is 12.1 Å². The maximum Gasteiger partial charge on any atom is 0.328 e. The van der Waals surface area contributed by atoms with Gasteiger partial charge in [-0.25, -0.2) is 4.79 Å². The molecular weight excluding hydrogens is 172 g/mol. The lowest BCUT2D eigenvalue weighted by molar-refractivity contribution is -0.131. The van der Waals surface area contributed by atoms with Crippen molar-refractivity contribution in [2.45, 2.75) is 20.0 Å². The van der Waals surface area contributed by atoms with E-state index in [2.05, 4.69) is 0 Å². The van der Waals surface area contributed by atoms with Gasteiger partial charge in [0.25, 0.3) is 0 Å². The molecular formula is C9H16O4. The molecule has 0 amide bonds. The topological polar surface area (TPSA) is 77.8 Å². The molecule has 0 bridgehead atoms. The van der Waals surface area contributed by atoms with Gasteiger partial charge >= 0.3 is 5.97 Å². The van der Waals surface area contributed by atoms with Gasteiger partial charge in [-0.1, -0.05) is 18.2 Å². The number of hydrogen-bond acceptors (Lipinski definition) is 3. The first-order valence-corrected chi connectivity index (χ1v) is 3.85. The average molecular weight is 188 g/mol. The third kappa shape index (κ3) is 24.8. The summed E-state index contributed by atoms with van der Waals surface area (Å²) in [4.78, 5) is 9.75. The molecule has 4 nitrogen and oxygen atoms in total. The smallest absolute Gasteiger partial charge is 0.328 e. The predicted octanol–water partition coefficient (Wildman–Crippen LogP) is 0.563. The van der Waals surface area contributed by atoms with Gasteiger partial charge in [-0.3, -0.25) is 0 Å². The number of carboxylic acid groups (broad SMARTS) is 1. The number of aliphatic hydroxyl groups is 2. The standard InChI is InChI=1S/C6H8O2.C3H8O2/c1-2-3-4-5-6(7)8;1-3(5)2-4/h2-5H,1H3,(H,7,8);3-5H,2H2,1H3/b3-2+,5-4+;. The van der Waals surface area contributed by atoms with Gasteiger partial charge in [-0.05, 0) is 13.8 Å². The Bertz CT molecular complexity index is 170. The lowest BCUT2D eigenvalue weighted by atomic mass is 10.4. The minimum atomic E-state index is -0.914. The van der Waals surface area contributed by atoms with E-state index in [0.29, 0.717) is 0 Å². The quantitative estimate of drug-likeness (QED) is 0.447. The van der Waals surface area contributed by atoms with Crippen LogP contribution in [0, 0.1) is 0 Å². The fourth-order valence-electron chi connectivity index (χ4n) is 0.249. The first-order chi connectivity index (χ1) is 6.04. The van der Waals surface area contributed by atoms with Gasteiger partial charge in [0.15, 0.2) is 0 Å². The van der Waals surface area contributed by atoms with Crippen LogP contribution < -0.4 is 0 Å². The van der Waals surface area contributed by atoms with Gasteiger partial charge in [-0.15, -0.1) is 0 Å². The molecule has 1 unspecified atom stereocenters. The van der Waals surface area contributed by atoms with Gasteiger partial charge in [0.1, 0.15) is 0 Å². The normalized spacial score (nSPS) is 12.6. The van der Waals surface area contributed by atoms with E-state index in [9.17, 15) is 4.79 Å².